The molecule has 2 aromatic carbocycles. The summed E-state index contributed by atoms with van der Waals surface area (Å²) >= 11 is 0. The van der Waals surface area contributed by atoms with Crippen molar-refractivity contribution in [3.8, 4) is 22.9 Å². The Morgan fingerprint density at radius 2 is 1.97 bits per heavy atom. The van der Waals surface area contributed by atoms with Crippen molar-refractivity contribution in [2.45, 2.75) is 19.4 Å². The Labute approximate surface area is 184 Å². The van der Waals surface area contributed by atoms with E-state index in [-0.39, 0.29) is 42.6 Å². The number of hydrogen-bond acceptors (Lipinski definition) is 6. The van der Waals surface area contributed by atoms with Gasteiger partial charge < -0.3 is 19.8 Å². The van der Waals surface area contributed by atoms with Gasteiger partial charge in [0.05, 0.1) is 7.11 Å². The highest BCUT2D eigenvalue weighted by atomic mass is 19.1. The first-order chi connectivity index (χ1) is 15.5. The number of carbonyl (C=O) groups excluding carboxylic acids is 1. The van der Waals surface area contributed by atoms with Crippen LogP contribution in [-0.4, -0.2) is 34.8 Å². The quantitative estimate of drug-likeness (QED) is 0.472. The predicted molar refractivity (Wildman–Crippen MR) is 117 cm³/mol. The average molecular weight is 438 g/mol. The molecule has 0 saturated heterocycles. The largest absolute Gasteiger partial charge is 0.493 e. The van der Waals surface area contributed by atoms with Gasteiger partial charge in [0.25, 0.3) is 5.56 Å². The molecule has 2 N–H and O–H groups in total. The lowest BCUT2D eigenvalue weighted by Gasteiger charge is -2.10. The van der Waals surface area contributed by atoms with Crippen molar-refractivity contribution in [3.05, 3.63) is 82.5 Å². The zero-order valence-electron chi connectivity index (χ0n) is 17.6. The van der Waals surface area contributed by atoms with Crippen molar-refractivity contribution in [3.63, 3.8) is 0 Å². The normalized spacial score (nSPS) is 10.4. The summed E-state index contributed by atoms with van der Waals surface area (Å²) in [6, 6.07) is 11.0. The fourth-order valence-electron chi connectivity index (χ4n) is 2.86. The number of hydrogen-bond donors (Lipinski definition) is 2. The third-order valence-electron chi connectivity index (χ3n) is 4.55. The summed E-state index contributed by atoms with van der Waals surface area (Å²) in [5, 5.41) is 10.8. The van der Waals surface area contributed by atoms with E-state index in [0.717, 1.165) is 5.56 Å². The SMILES string of the molecule is C=CCOc1ccc(-c2nnc(CCC(=O)NCc3ccc(F)cc3)c(=O)[nH]2)cc1OC. The van der Waals surface area contributed by atoms with Gasteiger partial charge >= 0.3 is 0 Å². The fraction of sp³-hybridized carbons (Fsp3) is 0.217. The predicted octanol–water partition coefficient (Wildman–Crippen LogP) is 2.79. The topological polar surface area (TPSA) is 106 Å². The van der Waals surface area contributed by atoms with Gasteiger partial charge in [0, 0.05) is 24.9 Å². The number of ether oxygens (including phenoxy) is 2. The highest BCUT2D eigenvalue weighted by Gasteiger charge is 2.12. The molecule has 1 heterocycles. The summed E-state index contributed by atoms with van der Waals surface area (Å²) in [6.45, 7) is 4.21. The molecule has 0 bridgehead atoms. The van der Waals surface area contributed by atoms with Gasteiger partial charge in [-0.15, -0.1) is 10.2 Å². The minimum atomic E-state index is -0.424. The van der Waals surface area contributed by atoms with E-state index in [2.05, 4.69) is 27.1 Å². The van der Waals surface area contributed by atoms with Gasteiger partial charge in [-0.1, -0.05) is 24.8 Å². The van der Waals surface area contributed by atoms with Crippen molar-refractivity contribution in [1.29, 1.82) is 0 Å². The van der Waals surface area contributed by atoms with Crippen LogP contribution >= 0.6 is 0 Å². The van der Waals surface area contributed by atoms with Gasteiger partial charge in [-0.2, -0.15) is 0 Å². The Bertz CT molecular complexity index is 1150. The molecular formula is C23H23FN4O4. The van der Waals surface area contributed by atoms with Crippen molar-refractivity contribution >= 4 is 5.91 Å². The lowest BCUT2D eigenvalue weighted by atomic mass is 10.2. The molecule has 8 nitrogen and oxygen atoms in total. The number of methoxy groups -OCH3 is 1. The number of amides is 1. The maximum atomic E-state index is 12.9. The van der Waals surface area contributed by atoms with E-state index in [1.54, 1.807) is 36.4 Å². The van der Waals surface area contributed by atoms with Crippen molar-refractivity contribution < 1.29 is 18.7 Å². The number of halogens is 1. The minimum absolute atomic E-state index is 0.0709. The molecule has 0 aliphatic heterocycles. The number of nitrogens with zero attached hydrogens (tertiary/aromatic N) is 2. The average Bonchev–Trinajstić information content (AvgIpc) is 2.81. The highest BCUT2D eigenvalue weighted by Crippen LogP contribution is 2.31. The minimum Gasteiger partial charge on any atom is -0.493 e. The molecular weight excluding hydrogens is 415 g/mol. The maximum absolute atomic E-state index is 12.9. The Hall–Kier alpha value is -4.01. The molecule has 1 aromatic heterocycles. The third-order valence-corrected chi connectivity index (χ3v) is 4.55. The van der Waals surface area contributed by atoms with Crippen molar-refractivity contribution in [1.82, 2.24) is 20.5 Å². The van der Waals surface area contributed by atoms with Crippen LogP contribution in [0, 0.1) is 5.82 Å². The number of aromatic amines is 1. The lowest BCUT2D eigenvalue weighted by molar-refractivity contribution is -0.121. The number of carbonyl (C=O) groups is 1. The molecule has 166 valence electrons. The summed E-state index contributed by atoms with van der Waals surface area (Å²) < 4.78 is 23.8. The zero-order valence-corrected chi connectivity index (χ0v) is 17.6. The second kappa shape index (κ2) is 10.9. The molecule has 9 heteroatoms. The fourth-order valence-corrected chi connectivity index (χ4v) is 2.86. The number of aryl methyl sites for hydroxylation is 1. The molecule has 0 saturated carbocycles. The number of rotatable bonds is 10. The molecule has 1 amide bonds. The second-order valence-corrected chi connectivity index (χ2v) is 6.82. The number of nitrogens with one attached hydrogen (secondary N) is 2. The van der Waals surface area contributed by atoms with E-state index >= 15 is 0 Å². The van der Waals surface area contributed by atoms with Crippen molar-refractivity contribution in [2.75, 3.05) is 13.7 Å². The number of aromatic nitrogens is 3. The van der Waals surface area contributed by atoms with Gasteiger partial charge in [0.15, 0.2) is 17.3 Å². The summed E-state index contributed by atoms with van der Waals surface area (Å²) in [5.41, 5.74) is 1.11. The molecule has 0 unspecified atom stereocenters. The summed E-state index contributed by atoms with van der Waals surface area (Å²) in [6.07, 6.45) is 1.83. The molecule has 0 aliphatic carbocycles. The smallest absolute Gasteiger partial charge is 0.273 e. The van der Waals surface area contributed by atoms with Gasteiger partial charge in [0.2, 0.25) is 5.91 Å². The molecule has 3 aromatic rings. The zero-order chi connectivity index (χ0) is 22.9. The standard InChI is InChI=1S/C23H23FN4O4/c1-3-12-32-19-10-6-16(13-20(19)31-2)22-26-23(30)18(27-28-22)9-11-21(29)25-14-15-4-7-17(24)8-5-15/h3-8,10,13H,1,9,11-12,14H2,2H3,(H,25,29)(H,26,28,30). The number of benzene rings is 2. The van der Waals surface area contributed by atoms with Gasteiger partial charge in [-0.3, -0.25) is 9.59 Å². The van der Waals surface area contributed by atoms with E-state index in [0.29, 0.717) is 23.7 Å². The first kappa shape index (κ1) is 22.7. The molecule has 0 atom stereocenters. The first-order valence-electron chi connectivity index (χ1n) is 9.89. The summed E-state index contributed by atoms with van der Waals surface area (Å²) in [4.78, 5) is 27.1. The van der Waals surface area contributed by atoms with E-state index < -0.39 is 5.56 Å². The van der Waals surface area contributed by atoms with Crippen LogP contribution in [0.5, 0.6) is 11.5 Å². The van der Waals surface area contributed by atoms with Gasteiger partial charge in [0.1, 0.15) is 18.1 Å². The Kier molecular flexibility index (Phi) is 7.69. The Morgan fingerprint density at radius 1 is 1.19 bits per heavy atom. The van der Waals surface area contributed by atoms with Crippen molar-refractivity contribution in [2.24, 2.45) is 0 Å². The van der Waals surface area contributed by atoms with Crippen LogP contribution in [0.2, 0.25) is 0 Å². The lowest BCUT2D eigenvalue weighted by Crippen LogP contribution is -2.25. The van der Waals surface area contributed by atoms with Crippen LogP contribution in [0.15, 0.2) is 59.9 Å². The summed E-state index contributed by atoms with van der Waals surface area (Å²) in [5.74, 6) is 0.702. The van der Waals surface area contributed by atoms with E-state index in [9.17, 15) is 14.0 Å². The third kappa shape index (κ3) is 6.00. The number of H-pyrrole nitrogens is 1. The summed E-state index contributed by atoms with van der Waals surface area (Å²) in [7, 11) is 1.51. The molecule has 0 radical (unpaired) electrons. The molecule has 0 spiro atoms. The van der Waals surface area contributed by atoms with E-state index in [4.69, 9.17) is 9.47 Å². The monoisotopic (exact) mass is 438 g/mol. The van der Waals surface area contributed by atoms with Gasteiger partial charge in [-0.05, 0) is 35.9 Å². The van der Waals surface area contributed by atoms with Crippen LogP contribution in [0.1, 0.15) is 17.7 Å². The Morgan fingerprint density at radius 3 is 2.66 bits per heavy atom. The Balaban J connectivity index is 1.61. The second-order valence-electron chi connectivity index (χ2n) is 6.82. The molecule has 0 aliphatic rings. The van der Waals surface area contributed by atoms with E-state index in [1.807, 2.05) is 0 Å². The van der Waals surface area contributed by atoms with Crippen LogP contribution < -0.4 is 20.3 Å². The van der Waals surface area contributed by atoms with Crippen LogP contribution in [0.25, 0.3) is 11.4 Å². The molecule has 32 heavy (non-hydrogen) atoms. The first-order valence-corrected chi connectivity index (χ1v) is 9.89. The van der Waals surface area contributed by atoms with Gasteiger partial charge in [-0.25, -0.2) is 4.39 Å². The van der Waals surface area contributed by atoms with Crippen LogP contribution in [0.3, 0.4) is 0 Å². The van der Waals surface area contributed by atoms with Crippen LogP contribution in [0.4, 0.5) is 4.39 Å². The molecule has 3 rings (SSSR count). The maximum Gasteiger partial charge on any atom is 0.273 e. The van der Waals surface area contributed by atoms with Crippen LogP contribution in [-0.2, 0) is 17.8 Å². The highest BCUT2D eigenvalue weighted by molar-refractivity contribution is 5.76. The molecule has 0 fully saturated rings. The van der Waals surface area contributed by atoms with E-state index in [1.165, 1.54) is 19.2 Å².